The summed E-state index contributed by atoms with van der Waals surface area (Å²) in [6.45, 7) is 6.54. The average Bonchev–Trinajstić information content (AvgIpc) is 2.76. The zero-order valence-corrected chi connectivity index (χ0v) is 16.9. The molecule has 2 aromatic carbocycles. The number of hydrogen-bond acceptors (Lipinski definition) is 3. The lowest BCUT2D eigenvalue weighted by molar-refractivity contribution is -0.156. The summed E-state index contributed by atoms with van der Waals surface area (Å²) >= 11 is 0. The van der Waals surface area contributed by atoms with E-state index in [4.69, 9.17) is 4.74 Å². The zero-order valence-electron chi connectivity index (χ0n) is 16.9. The highest BCUT2D eigenvalue weighted by molar-refractivity contribution is 5.70. The molecule has 0 saturated heterocycles. The van der Waals surface area contributed by atoms with E-state index in [-0.39, 0.29) is 17.8 Å². The number of carbonyl (C=O) groups is 1. The summed E-state index contributed by atoms with van der Waals surface area (Å²) in [6, 6.07) is 17.4. The van der Waals surface area contributed by atoms with Crippen LogP contribution in [-0.2, 0) is 22.4 Å². The molecule has 3 nitrogen and oxygen atoms in total. The molecule has 27 heavy (non-hydrogen) atoms. The van der Waals surface area contributed by atoms with Crippen LogP contribution in [0.4, 0.5) is 0 Å². The maximum absolute atomic E-state index is 12.6. The first kappa shape index (κ1) is 19.6. The first-order valence-electron chi connectivity index (χ1n) is 9.91. The Labute approximate surface area is 163 Å². The van der Waals surface area contributed by atoms with Crippen molar-refractivity contribution < 1.29 is 9.53 Å². The molecule has 1 atom stereocenters. The Kier molecular flexibility index (Phi) is 6.01. The maximum atomic E-state index is 12.6. The van der Waals surface area contributed by atoms with Gasteiger partial charge in [0.25, 0.3) is 0 Å². The molecular weight excluding hydrogens is 334 g/mol. The van der Waals surface area contributed by atoms with Gasteiger partial charge in [-0.15, -0.1) is 0 Å². The molecule has 0 fully saturated rings. The van der Waals surface area contributed by atoms with E-state index < -0.39 is 5.60 Å². The predicted octanol–water partition coefficient (Wildman–Crippen LogP) is 4.48. The van der Waals surface area contributed by atoms with Crippen molar-refractivity contribution in [2.45, 2.75) is 51.6 Å². The monoisotopic (exact) mass is 365 g/mol. The molecule has 0 heterocycles. The Balaban J connectivity index is 2.01. The third-order valence-corrected chi connectivity index (χ3v) is 5.23. The Bertz CT molecular complexity index is 743. The molecular formula is C24H31NO2. The second-order valence-corrected chi connectivity index (χ2v) is 8.48. The molecule has 0 aliphatic heterocycles. The summed E-state index contributed by atoms with van der Waals surface area (Å²) in [4.78, 5) is 12.6. The van der Waals surface area contributed by atoms with Gasteiger partial charge in [0.15, 0.2) is 0 Å². The first-order valence-corrected chi connectivity index (χ1v) is 9.91. The molecule has 0 aromatic heterocycles. The van der Waals surface area contributed by atoms with Crippen LogP contribution in [0, 0.1) is 5.92 Å². The molecule has 0 amide bonds. The van der Waals surface area contributed by atoms with E-state index in [0.717, 1.165) is 19.4 Å². The Hall–Kier alpha value is -2.13. The van der Waals surface area contributed by atoms with Gasteiger partial charge in [0.05, 0.1) is 6.42 Å². The van der Waals surface area contributed by atoms with E-state index in [1.165, 1.54) is 22.3 Å². The highest BCUT2D eigenvalue weighted by atomic mass is 16.6. The van der Waals surface area contributed by atoms with Crippen molar-refractivity contribution in [3.05, 3.63) is 70.8 Å². The second kappa shape index (κ2) is 8.26. The smallest absolute Gasteiger partial charge is 0.306 e. The van der Waals surface area contributed by atoms with E-state index in [2.05, 4.69) is 53.8 Å². The van der Waals surface area contributed by atoms with E-state index in [1.54, 1.807) is 0 Å². The van der Waals surface area contributed by atoms with E-state index in [1.807, 2.05) is 27.8 Å². The van der Waals surface area contributed by atoms with Crippen LogP contribution >= 0.6 is 0 Å². The molecule has 3 rings (SSSR count). The van der Waals surface area contributed by atoms with Gasteiger partial charge in [0.2, 0.25) is 0 Å². The lowest BCUT2D eigenvalue weighted by Gasteiger charge is -2.30. The third-order valence-electron chi connectivity index (χ3n) is 5.23. The molecule has 0 bridgehead atoms. The van der Waals surface area contributed by atoms with Crippen molar-refractivity contribution >= 4 is 5.97 Å². The van der Waals surface area contributed by atoms with Crippen LogP contribution in [0.25, 0.3) is 0 Å². The SMILES string of the molecule is CNCC(CC(=O)OC(C)(C)C)C1c2ccccc2CCc2ccccc21. The van der Waals surface area contributed by atoms with Gasteiger partial charge in [-0.25, -0.2) is 0 Å². The highest BCUT2D eigenvalue weighted by Gasteiger charge is 2.32. The zero-order chi connectivity index (χ0) is 19.4. The number of esters is 1. The minimum atomic E-state index is -0.458. The Morgan fingerprint density at radius 3 is 2.04 bits per heavy atom. The summed E-state index contributed by atoms with van der Waals surface area (Å²) < 4.78 is 5.65. The number of aryl methyl sites for hydroxylation is 2. The fourth-order valence-corrected chi connectivity index (χ4v) is 4.24. The summed E-state index contributed by atoms with van der Waals surface area (Å²) in [7, 11) is 1.95. The van der Waals surface area contributed by atoms with Crippen molar-refractivity contribution in [3.8, 4) is 0 Å². The summed E-state index contributed by atoms with van der Waals surface area (Å²) in [5.41, 5.74) is 5.03. The summed E-state index contributed by atoms with van der Waals surface area (Å²) in [5.74, 6) is 0.215. The molecule has 0 saturated carbocycles. The number of rotatable bonds is 5. The van der Waals surface area contributed by atoms with Crippen molar-refractivity contribution in [1.82, 2.24) is 5.32 Å². The molecule has 3 heteroatoms. The second-order valence-electron chi connectivity index (χ2n) is 8.48. The fraction of sp³-hybridized carbons (Fsp3) is 0.458. The van der Waals surface area contributed by atoms with E-state index in [0.29, 0.717) is 6.42 Å². The van der Waals surface area contributed by atoms with Gasteiger partial charge in [0, 0.05) is 5.92 Å². The first-order chi connectivity index (χ1) is 12.9. The minimum Gasteiger partial charge on any atom is -0.460 e. The van der Waals surface area contributed by atoms with Gasteiger partial charge in [-0.05, 0) is 75.4 Å². The average molecular weight is 366 g/mol. The maximum Gasteiger partial charge on any atom is 0.306 e. The van der Waals surface area contributed by atoms with Gasteiger partial charge in [0.1, 0.15) is 5.60 Å². The summed E-state index contributed by atoms with van der Waals surface area (Å²) in [6.07, 6.45) is 2.50. The molecule has 144 valence electrons. The van der Waals surface area contributed by atoms with Gasteiger partial charge < -0.3 is 10.1 Å². The molecule has 0 spiro atoms. The largest absolute Gasteiger partial charge is 0.460 e. The standard InChI is InChI=1S/C24H31NO2/c1-24(2,3)27-22(26)15-19(16-25-4)23-20-11-7-5-9-17(20)13-14-18-10-6-8-12-21(18)23/h5-12,19,23,25H,13-16H2,1-4H3. The number of fused-ring (bicyclic) bond motifs is 2. The number of carbonyl (C=O) groups excluding carboxylic acids is 1. The van der Waals surface area contributed by atoms with Crippen molar-refractivity contribution in [3.63, 3.8) is 0 Å². The molecule has 1 N–H and O–H groups in total. The quantitative estimate of drug-likeness (QED) is 0.794. The Morgan fingerprint density at radius 2 is 1.56 bits per heavy atom. The van der Waals surface area contributed by atoms with Crippen molar-refractivity contribution in [2.24, 2.45) is 5.92 Å². The number of ether oxygens (including phenoxy) is 1. The normalized spacial score (nSPS) is 15.4. The molecule has 1 unspecified atom stereocenters. The van der Waals surface area contributed by atoms with Crippen LogP contribution in [0.5, 0.6) is 0 Å². The van der Waals surface area contributed by atoms with Crippen LogP contribution in [0.2, 0.25) is 0 Å². The van der Waals surface area contributed by atoms with E-state index in [9.17, 15) is 4.79 Å². The number of benzene rings is 2. The van der Waals surface area contributed by atoms with Gasteiger partial charge in [-0.3, -0.25) is 4.79 Å². The van der Waals surface area contributed by atoms with Gasteiger partial charge in [-0.1, -0.05) is 48.5 Å². The van der Waals surface area contributed by atoms with Gasteiger partial charge in [-0.2, -0.15) is 0 Å². The van der Waals surface area contributed by atoms with Crippen LogP contribution in [-0.4, -0.2) is 25.2 Å². The van der Waals surface area contributed by atoms with Crippen molar-refractivity contribution in [2.75, 3.05) is 13.6 Å². The lowest BCUT2D eigenvalue weighted by atomic mass is 9.77. The van der Waals surface area contributed by atoms with Crippen molar-refractivity contribution in [1.29, 1.82) is 0 Å². The molecule has 0 radical (unpaired) electrons. The summed E-state index contributed by atoms with van der Waals surface area (Å²) in [5, 5.41) is 3.31. The molecule has 1 aliphatic carbocycles. The fourth-order valence-electron chi connectivity index (χ4n) is 4.24. The predicted molar refractivity (Wildman–Crippen MR) is 110 cm³/mol. The van der Waals surface area contributed by atoms with Crippen LogP contribution in [0.3, 0.4) is 0 Å². The van der Waals surface area contributed by atoms with Crippen LogP contribution < -0.4 is 5.32 Å². The Morgan fingerprint density at radius 1 is 1.04 bits per heavy atom. The van der Waals surface area contributed by atoms with Crippen LogP contribution in [0.1, 0.15) is 55.4 Å². The van der Waals surface area contributed by atoms with E-state index >= 15 is 0 Å². The molecule has 2 aromatic rings. The van der Waals surface area contributed by atoms with Crippen LogP contribution in [0.15, 0.2) is 48.5 Å². The topological polar surface area (TPSA) is 38.3 Å². The number of nitrogens with one attached hydrogen (secondary N) is 1. The lowest BCUT2D eigenvalue weighted by Crippen LogP contribution is -2.31. The molecule has 1 aliphatic rings. The number of hydrogen-bond donors (Lipinski definition) is 1. The highest BCUT2D eigenvalue weighted by Crippen LogP contribution is 2.40. The third kappa shape index (κ3) is 4.78. The van der Waals surface area contributed by atoms with Gasteiger partial charge >= 0.3 is 5.97 Å². The minimum absolute atomic E-state index is 0.123.